The molecule has 2 aliphatic carbocycles. The molecule has 1 unspecified atom stereocenters. The predicted octanol–water partition coefficient (Wildman–Crippen LogP) is 2.56. The van der Waals surface area contributed by atoms with Gasteiger partial charge >= 0.3 is 0 Å². The Balaban J connectivity index is 2.33. The second-order valence-corrected chi connectivity index (χ2v) is 3.39. The van der Waals surface area contributed by atoms with E-state index in [1.807, 2.05) is 12.2 Å². The first-order chi connectivity index (χ1) is 6.85. The molecular formula is C12H14O2. The molecule has 2 heteroatoms. The van der Waals surface area contributed by atoms with E-state index >= 15 is 0 Å². The first-order valence-electron chi connectivity index (χ1n) is 4.72. The Labute approximate surface area is 84.2 Å². The summed E-state index contributed by atoms with van der Waals surface area (Å²) in [4.78, 5) is 0. The van der Waals surface area contributed by atoms with E-state index in [4.69, 9.17) is 9.47 Å². The lowest BCUT2D eigenvalue weighted by molar-refractivity contribution is 0.212. The molecular weight excluding hydrogens is 176 g/mol. The molecule has 0 radical (unpaired) electrons. The Hall–Kier alpha value is -1.44. The Bertz CT molecular complexity index is 345. The highest BCUT2D eigenvalue weighted by molar-refractivity contribution is 5.41. The monoisotopic (exact) mass is 190 g/mol. The van der Waals surface area contributed by atoms with Gasteiger partial charge in [0.2, 0.25) is 0 Å². The molecule has 0 saturated carbocycles. The molecule has 0 bridgehead atoms. The lowest BCUT2D eigenvalue weighted by Crippen LogP contribution is -2.12. The maximum atomic E-state index is 5.30. The number of hydrogen-bond donors (Lipinski definition) is 0. The Morgan fingerprint density at radius 3 is 2.79 bits per heavy atom. The molecule has 0 aromatic heterocycles. The lowest BCUT2D eigenvalue weighted by Gasteiger charge is -2.24. The Morgan fingerprint density at radius 1 is 1.21 bits per heavy atom. The molecule has 0 aromatic carbocycles. The molecule has 14 heavy (non-hydrogen) atoms. The van der Waals surface area contributed by atoms with Crippen LogP contribution in [0.3, 0.4) is 0 Å². The summed E-state index contributed by atoms with van der Waals surface area (Å²) >= 11 is 0. The van der Waals surface area contributed by atoms with Gasteiger partial charge in [-0.25, -0.2) is 0 Å². The van der Waals surface area contributed by atoms with E-state index in [2.05, 4.69) is 18.2 Å². The van der Waals surface area contributed by atoms with Gasteiger partial charge in [-0.2, -0.15) is 0 Å². The van der Waals surface area contributed by atoms with Gasteiger partial charge in [0.05, 0.1) is 14.2 Å². The maximum absolute atomic E-state index is 5.30. The molecule has 0 heterocycles. The number of rotatable bonds is 2. The zero-order valence-corrected chi connectivity index (χ0v) is 8.49. The van der Waals surface area contributed by atoms with Crippen molar-refractivity contribution in [2.45, 2.75) is 6.42 Å². The molecule has 2 nitrogen and oxygen atoms in total. The van der Waals surface area contributed by atoms with Crippen molar-refractivity contribution < 1.29 is 9.47 Å². The van der Waals surface area contributed by atoms with Crippen LogP contribution in [-0.2, 0) is 9.47 Å². The number of methoxy groups -OCH3 is 2. The molecule has 0 fully saturated rings. The van der Waals surface area contributed by atoms with Crippen LogP contribution in [0.4, 0.5) is 0 Å². The van der Waals surface area contributed by atoms with Crippen molar-refractivity contribution in [1.29, 1.82) is 0 Å². The zero-order chi connectivity index (χ0) is 9.97. The summed E-state index contributed by atoms with van der Waals surface area (Å²) in [6, 6.07) is 0. The molecule has 2 rings (SSSR count). The van der Waals surface area contributed by atoms with E-state index in [9.17, 15) is 0 Å². The van der Waals surface area contributed by atoms with Gasteiger partial charge in [0, 0.05) is 12.3 Å². The summed E-state index contributed by atoms with van der Waals surface area (Å²) in [5.74, 6) is 2.23. The zero-order valence-electron chi connectivity index (χ0n) is 8.49. The smallest absolute Gasteiger partial charge is 0.156 e. The minimum atomic E-state index is 0.453. The van der Waals surface area contributed by atoms with Crippen LogP contribution in [0.15, 0.2) is 47.5 Å². The molecule has 0 amide bonds. The Morgan fingerprint density at radius 2 is 2.07 bits per heavy atom. The first-order valence-corrected chi connectivity index (χ1v) is 4.72. The fourth-order valence-electron chi connectivity index (χ4n) is 1.83. The normalized spacial score (nSPS) is 24.4. The summed E-state index contributed by atoms with van der Waals surface area (Å²) in [6.07, 6.45) is 11.4. The van der Waals surface area contributed by atoms with Crippen molar-refractivity contribution in [3.8, 4) is 0 Å². The second kappa shape index (κ2) is 3.74. The van der Waals surface area contributed by atoms with Gasteiger partial charge in [0.15, 0.2) is 5.76 Å². The third kappa shape index (κ3) is 1.48. The van der Waals surface area contributed by atoms with E-state index in [-0.39, 0.29) is 0 Å². The molecule has 0 aliphatic heterocycles. The van der Waals surface area contributed by atoms with E-state index in [1.165, 1.54) is 5.57 Å². The van der Waals surface area contributed by atoms with E-state index in [1.54, 1.807) is 14.2 Å². The summed E-state index contributed by atoms with van der Waals surface area (Å²) in [5.41, 5.74) is 1.30. The van der Waals surface area contributed by atoms with Gasteiger partial charge in [-0.05, 0) is 11.6 Å². The van der Waals surface area contributed by atoms with Crippen molar-refractivity contribution in [2.24, 2.45) is 5.92 Å². The van der Waals surface area contributed by atoms with Crippen LogP contribution in [0.1, 0.15) is 6.42 Å². The van der Waals surface area contributed by atoms with Gasteiger partial charge in [-0.1, -0.05) is 24.3 Å². The standard InChI is InChI=1S/C12H14O2/c1-13-11-7-9-5-3-4-6-10(9)8-12(11)14-2/h3-7,10H,8H2,1-2H3. The van der Waals surface area contributed by atoms with Crippen molar-refractivity contribution in [3.05, 3.63) is 47.5 Å². The topological polar surface area (TPSA) is 18.5 Å². The molecule has 1 atom stereocenters. The molecule has 0 aromatic rings. The highest BCUT2D eigenvalue weighted by Crippen LogP contribution is 2.33. The highest BCUT2D eigenvalue weighted by Gasteiger charge is 2.22. The average Bonchev–Trinajstić information content (AvgIpc) is 2.27. The fraction of sp³-hybridized carbons (Fsp3) is 0.333. The van der Waals surface area contributed by atoms with Crippen LogP contribution < -0.4 is 0 Å². The minimum absolute atomic E-state index is 0.453. The summed E-state index contributed by atoms with van der Waals surface area (Å²) in [6.45, 7) is 0. The van der Waals surface area contributed by atoms with E-state index in [0.29, 0.717) is 5.92 Å². The third-order valence-electron chi connectivity index (χ3n) is 2.62. The summed E-state index contributed by atoms with van der Waals surface area (Å²) in [5, 5.41) is 0. The number of allylic oxidation sites excluding steroid dienone is 7. The van der Waals surface area contributed by atoms with Gasteiger partial charge in [0.25, 0.3) is 0 Å². The number of hydrogen-bond acceptors (Lipinski definition) is 2. The molecule has 74 valence electrons. The van der Waals surface area contributed by atoms with Crippen molar-refractivity contribution in [3.63, 3.8) is 0 Å². The predicted molar refractivity (Wildman–Crippen MR) is 55.5 cm³/mol. The molecule has 2 aliphatic rings. The third-order valence-corrected chi connectivity index (χ3v) is 2.62. The highest BCUT2D eigenvalue weighted by atomic mass is 16.5. The largest absolute Gasteiger partial charge is 0.497 e. The fourth-order valence-corrected chi connectivity index (χ4v) is 1.83. The number of ether oxygens (including phenoxy) is 2. The minimum Gasteiger partial charge on any atom is -0.497 e. The SMILES string of the molecule is COC1=C(OC)CC2C=CC=CC2=C1. The summed E-state index contributed by atoms with van der Waals surface area (Å²) < 4.78 is 10.6. The quantitative estimate of drug-likeness (QED) is 0.666. The van der Waals surface area contributed by atoms with Crippen LogP contribution in [0.2, 0.25) is 0 Å². The van der Waals surface area contributed by atoms with Crippen LogP contribution in [0.25, 0.3) is 0 Å². The van der Waals surface area contributed by atoms with Crippen LogP contribution in [0, 0.1) is 5.92 Å². The molecule has 0 N–H and O–H groups in total. The number of fused-ring (bicyclic) bond motifs is 1. The van der Waals surface area contributed by atoms with Crippen molar-refractivity contribution in [1.82, 2.24) is 0 Å². The second-order valence-electron chi connectivity index (χ2n) is 3.39. The first kappa shape index (κ1) is 9.13. The Kier molecular flexibility index (Phi) is 2.44. The van der Waals surface area contributed by atoms with Gasteiger partial charge in [0.1, 0.15) is 5.76 Å². The van der Waals surface area contributed by atoms with Crippen LogP contribution >= 0.6 is 0 Å². The van der Waals surface area contributed by atoms with Gasteiger partial charge < -0.3 is 9.47 Å². The lowest BCUT2D eigenvalue weighted by atomic mass is 9.87. The van der Waals surface area contributed by atoms with Gasteiger partial charge in [-0.15, -0.1) is 0 Å². The van der Waals surface area contributed by atoms with Gasteiger partial charge in [-0.3, -0.25) is 0 Å². The van der Waals surface area contributed by atoms with E-state index in [0.717, 1.165) is 17.9 Å². The molecule has 0 spiro atoms. The van der Waals surface area contributed by atoms with Crippen LogP contribution in [-0.4, -0.2) is 14.2 Å². The van der Waals surface area contributed by atoms with Crippen molar-refractivity contribution in [2.75, 3.05) is 14.2 Å². The van der Waals surface area contributed by atoms with Crippen molar-refractivity contribution >= 4 is 0 Å². The summed E-state index contributed by atoms with van der Waals surface area (Å²) in [7, 11) is 3.36. The van der Waals surface area contributed by atoms with E-state index < -0.39 is 0 Å². The maximum Gasteiger partial charge on any atom is 0.156 e. The van der Waals surface area contributed by atoms with Crippen LogP contribution in [0.5, 0.6) is 0 Å². The average molecular weight is 190 g/mol. The molecule has 0 saturated heterocycles.